The minimum atomic E-state index is 0.699. The Morgan fingerprint density at radius 3 is 2.47 bits per heavy atom. The van der Waals surface area contributed by atoms with E-state index >= 15 is 0 Å². The molecule has 0 heterocycles. The van der Waals surface area contributed by atoms with Gasteiger partial charge in [-0.25, -0.2) is 0 Å². The van der Waals surface area contributed by atoms with Gasteiger partial charge in [0.15, 0.2) is 0 Å². The van der Waals surface area contributed by atoms with Crippen LogP contribution in [0, 0.1) is 18.3 Å². The molecule has 0 spiro atoms. The van der Waals surface area contributed by atoms with Crippen molar-refractivity contribution in [1.82, 2.24) is 0 Å². The molecule has 100 valence electrons. The van der Waals surface area contributed by atoms with E-state index in [1.54, 1.807) is 6.26 Å². The number of benzene rings is 1. The quantitative estimate of drug-likeness (QED) is 0.568. The van der Waals surface area contributed by atoms with Crippen LogP contribution in [0.15, 0.2) is 36.6 Å². The number of terminal acetylenes is 1. The largest absolute Gasteiger partial charge is 0.501 e. The number of hydrogen-bond acceptors (Lipinski definition) is 1. The van der Waals surface area contributed by atoms with Crippen LogP contribution in [0.2, 0.25) is 0 Å². The van der Waals surface area contributed by atoms with Crippen LogP contribution in [0.25, 0.3) is 0 Å². The van der Waals surface area contributed by atoms with Crippen LogP contribution < -0.4 is 0 Å². The summed E-state index contributed by atoms with van der Waals surface area (Å²) in [5.41, 5.74) is 2.41. The standard InChI is InChI=1S/C18H22O/c1-3-13-19-14-16-7-11-18(12-8-16)17-9-5-15(4-2)6-10-17/h2-3,5-6,9-10,13,16,18H,7-8,11-12,14H2,1H3/b13-3-. The van der Waals surface area contributed by atoms with Gasteiger partial charge in [-0.15, -0.1) is 6.42 Å². The van der Waals surface area contributed by atoms with Crippen molar-refractivity contribution >= 4 is 0 Å². The lowest BCUT2D eigenvalue weighted by molar-refractivity contribution is 0.159. The number of hydrogen-bond donors (Lipinski definition) is 0. The van der Waals surface area contributed by atoms with Crippen LogP contribution in [0.4, 0.5) is 0 Å². The fourth-order valence-electron chi connectivity index (χ4n) is 2.80. The SMILES string of the molecule is C#Cc1ccc(C2CCC(CO/C=C\C)CC2)cc1. The lowest BCUT2D eigenvalue weighted by Gasteiger charge is -2.28. The third-order valence-electron chi connectivity index (χ3n) is 3.96. The van der Waals surface area contributed by atoms with Gasteiger partial charge in [0, 0.05) is 5.56 Å². The van der Waals surface area contributed by atoms with Crippen molar-refractivity contribution < 1.29 is 4.74 Å². The average molecular weight is 254 g/mol. The van der Waals surface area contributed by atoms with Gasteiger partial charge in [-0.1, -0.05) is 24.1 Å². The zero-order valence-electron chi connectivity index (χ0n) is 11.6. The molecule has 1 aliphatic rings. The van der Waals surface area contributed by atoms with Crippen LogP contribution in [-0.4, -0.2) is 6.61 Å². The van der Waals surface area contributed by atoms with Gasteiger partial charge in [0.2, 0.25) is 0 Å². The molecule has 0 amide bonds. The predicted molar refractivity (Wildman–Crippen MR) is 79.8 cm³/mol. The molecule has 1 aromatic carbocycles. The van der Waals surface area contributed by atoms with Crippen molar-refractivity contribution in [2.45, 2.75) is 38.5 Å². The van der Waals surface area contributed by atoms with Crippen molar-refractivity contribution in [1.29, 1.82) is 0 Å². The summed E-state index contributed by atoms with van der Waals surface area (Å²) in [4.78, 5) is 0. The Morgan fingerprint density at radius 1 is 1.21 bits per heavy atom. The molecular weight excluding hydrogens is 232 g/mol. The molecule has 0 N–H and O–H groups in total. The van der Waals surface area contributed by atoms with Crippen LogP contribution in [0.5, 0.6) is 0 Å². The Balaban J connectivity index is 1.83. The van der Waals surface area contributed by atoms with Crippen molar-refractivity contribution in [3.63, 3.8) is 0 Å². The molecule has 0 aliphatic heterocycles. The van der Waals surface area contributed by atoms with E-state index in [4.69, 9.17) is 11.2 Å². The third kappa shape index (κ3) is 3.89. The molecular formula is C18H22O. The second-order valence-electron chi connectivity index (χ2n) is 5.29. The molecule has 1 heteroatoms. The maximum atomic E-state index is 5.49. The predicted octanol–water partition coefficient (Wildman–Crippen LogP) is 4.49. The molecule has 1 aromatic rings. The van der Waals surface area contributed by atoms with Crippen LogP contribution in [-0.2, 0) is 4.74 Å². The van der Waals surface area contributed by atoms with Gasteiger partial charge in [-0.3, -0.25) is 0 Å². The molecule has 0 atom stereocenters. The highest BCUT2D eigenvalue weighted by Crippen LogP contribution is 2.35. The highest BCUT2D eigenvalue weighted by molar-refractivity contribution is 5.35. The molecule has 0 aromatic heterocycles. The second-order valence-corrected chi connectivity index (χ2v) is 5.29. The van der Waals surface area contributed by atoms with E-state index in [-0.39, 0.29) is 0 Å². The lowest BCUT2D eigenvalue weighted by Crippen LogP contribution is -2.17. The monoisotopic (exact) mass is 254 g/mol. The maximum Gasteiger partial charge on any atom is 0.0901 e. The highest BCUT2D eigenvalue weighted by atomic mass is 16.5. The van der Waals surface area contributed by atoms with E-state index in [9.17, 15) is 0 Å². The minimum Gasteiger partial charge on any atom is -0.501 e. The first-order valence-electron chi connectivity index (χ1n) is 7.13. The fraction of sp³-hybridized carbons (Fsp3) is 0.444. The second kappa shape index (κ2) is 7.04. The van der Waals surface area contributed by atoms with Crippen molar-refractivity contribution in [3.8, 4) is 12.3 Å². The van der Waals surface area contributed by atoms with Crippen LogP contribution in [0.1, 0.15) is 49.7 Å². The fourth-order valence-corrected chi connectivity index (χ4v) is 2.80. The summed E-state index contributed by atoms with van der Waals surface area (Å²) in [6, 6.07) is 8.49. The number of rotatable bonds is 4. The highest BCUT2D eigenvalue weighted by Gasteiger charge is 2.22. The lowest BCUT2D eigenvalue weighted by atomic mass is 9.79. The van der Waals surface area contributed by atoms with Gasteiger partial charge < -0.3 is 4.74 Å². The first-order chi connectivity index (χ1) is 9.33. The minimum absolute atomic E-state index is 0.699. The summed E-state index contributed by atoms with van der Waals surface area (Å²) in [5.74, 6) is 4.09. The van der Waals surface area contributed by atoms with E-state index in [0.717, 1.165) is 18.1 Å². The number of ether oxygens (including phenoxy) is 1. The normalized spacial score (nSPS) is 23.2. The average Bonchev–Trinajstić information content (AvgIpc) is 2.48. The Labute approximate surface area is 116 Å². The van der Waals surface area contributed by atoms with E-state index < -0.39 is 0 Å². The van der Waals surface area contributed by atoms with E-state index in [1.165, 1.54) is 31.2 Å². The maximum absolute atomic E-state index is 5.49. The van der Waals surface area contributed by atoms with Gasteiger partial charge >= 0.3 is 0 Å². The summed E-state index contributed by atoms with van der Waals surface area (Å²) in [5, 5.41) is 0. The van der Waals surface area contributed by atoms with Crippen LogP contribution in [0.3, 0.4) is 0 Å². The molecule has 0 radical (unpaired) electrons. The molecule has 1 aliphatic carbocycles. The first-order valence-corrected chi connectivity index (χ1v) is 7.13. The molecule has 0 saturated heterocycles. The molecule has 1 nitrogen and oxygen atoms in total. The zero-order chi connectivity index (χ0) is 13.5. The summed E-state index contributed by atoms with van der Waals surface area (Å²) < 4.78 is 5.49. The van der Waals surface area contributed by atoms with Gasteiger partial charge in [0.05, 0.1) is 12.9 Å². The molecule has 2 rings (SSSR count). The van der Waals surface area contributed by atoms with Gasteiger partial charge in [0.1, 0.15) is 0 Å². The first kappa shape index (κ1) is 13.7. The topological polar surface area (TPSA) is 9.23 Å². The Kier molecular flexibility index (Phi) is 5.10. The molecule has 1 fully saturated rings. The summed E-state index contributed by atoms with van der Waals surface area (Å²) in [6.45, 7) is 2.85. The Hall–Kier alpha value is -1.68. The molecule has 0 unspecified atom stereocenters. The van der Waals surface area contributed by atoms with Gasteiger partial charge in [0.25, 0.3) is 0 Å². The van der Waals surface area contributed by atoms with E-state index in [1.807, 2.05) is 13.0 Å². The van der Waals surface area contributed by atoms with Gasteiger partial charge in [-0.05, 0) is 62.1 Å². The summed E-state index contributed by atoms with van der Waals surface area (Å²) in [7, 11) is 0. The Bertz CT molecular complexity index is 442. The van der Waals surface area contributed by atoms with E-state index in [2.05, 4.69) is 30.2 Å². The number of allylic oxidation sites excluding steroid dienone is 1. The third-order valence-corrected chi connectivity index (χ3v) is 3.96. The Morgan fingerprint density at radius 2 is 1.89 bits per heavy atom. The van der Waals surface area contributed by atoms with E-state index in [0.29, 0.717) is 5.92 Å². The molecule has 0 bridgehead atoms. The molecule has 1 saturated carbocycles. The summed E-state index contributed by atoms with van der Waals surface area (Å²) >= 11 is 0. The van der Waals surface area contributed by atoms with Crippen molar-refractivity contribution in [3.05, 3.63) is 47.7 Å². The van der Waals surface area contributed by atoms with Gasteiger partial charge in [-0.2, -0.15) is 0 Å². The summed E-state index contributed by atoms with van der Waals surface area (Å²) in [6.07, 6.45) is 14.2. The zero-order valence-corrected chi connectivity index (χ0v) is 11.6. The van der Waals surface area contributed by atoms with Crippen molar-refractivity contribution in [2.75, 3.05) is 6.61 Å². The smallest absolute Gasteiger partial charge is 0.0901 e. The van der Waals surface area contributed by atoms with Crippen molar-refractivity contribution in [2.24, 2.45) is 5.92 Å². The van der Waals surface area contributed by atoms with Crippen LogP contribution >= 0.6 is 0 Å². The molecule has 19 heavy (non-hydrogen) atoms.